The Morgan fingerprint density at radius 2 is 1.90 bits per heavy atom. The summed E-state index contributed by atoms with van der Waals surface area (Å²) in [5, 5.41) is 2.67. The standard InChI is InChI=1S/C16H17FN2O2/c1-9-6-10(2)15(8-14(9)18)19-16(20)12-5-4-11(21-3)7-13(12)17/h4-8H,18H2,1-3H3,(H,19,20). The molecular formula is C16H17FN2O2. The number of benzene rings is 2. The molecule has 0 saturated heterocycles. The van der Waals surface area contributed by atoms with E-state index in [1.807, 2.05) is 19.9 Å². The van der Waals surface area contributed by atoms with E-state index < -0.39 is 11.7 Å². The molecule has 2 aromatic carbocycles. The molecule has 110 valence electrons. The molecule has 0 unspecified atom stereocenters. The molecule has 2 aromatic rings. The number of methoxy groups -OCH3 is 1. The number of aryl methyl sites for hydroxylation is 2. The second kappa shape index (κ2) is 5.83. The van der Waals surface area contributed by atoms with Gasteiger partial charge in [-0.1, -0.05) is 6.07 Å². The molecule has 0 fully saturated rings. The van der Waals surface area contributed by atoms with Crippen molar-refractivity contribution >= 4 is 17.3 Å². The summed E-state index contributed by atoms with van der Waals surface area (Å²) in [6.07, 6.45) is 0. The van der Waals surface area contributed by atoms with Gasteiger partial charge in [0.2, 0.25) is 0 Å². The zero-order chi connectivity index (χ0) is 15.6. The largest absolute Gasteiger partial charge is 0.497 e. The van der Waals surface area contributed by atoms with Gasteiger partial charge in [0.15, 0.2) is 0 Å². The second-order valence-corrected chi connectivity index (χ2v) is 4.82. The first-order valence-corrected chi connectivity index (χ1v) is 6.44. The smallest absolute Gasteiger partial charge is 0.258 e. The predicted molar refractivity (Wildman–Crippen MR) is 81.2 cm³/mol. The second-order valence-electron chi connectivity index (χ2n) is 4.82. The van der Waals surface area contributed by atoms with E-state index in [0.717, 1.165) is 11.1 Å². The van der Waals surface area contributed by atoms with Gasteiger partial charge in [-0.2, -0.15) is 0 Å². The Bertz CT molecular complexity index is 699. The van der Waals surface area contributed by atoms with Gasteiger partial charge in [0, 0.05) is 17.4 Å². The van der Waals surface area contributed by atoms with Crippen molar-refractivity contribution in [2.24, 2.45) is 0 Å². The van der Waals surface area contributed by atoms with Gasteiger partial charge in [-0.3, -0.25) is 4.79 Å². The number of amides is 1. The summed E-state index contributed by atoms with van der Waals surface area (Å²) < 4.78 is 18.8. The molecular weight excluding hydrogens is 271 g/mol. The number of nitrogen functional groups attached to an aromatic ring is 1. The van der Waals surface area contributed by atoms with E-state index in [-0.39, 0.29) is 5.56 Å². The lowest BCUT2D eigenvalue weighted by Crippen LogP contribution is -2.15. The number of rotatable bonds is 3. The molecule has 0 aliphatic rings. The quantitative estimate of drug-likeness (QED) is 0.852. The van der Waals surface area contributed by atoms with Crippen LogP contribution < -0.4 is 15.8 Å². The van der Waals surface area contributed by atoms with Crippen LogP contribution in [0.2, 0.25) is 0 Å². The summed E-state index contributed by atoms with van der Waals surface area (Å²) in [5.41, 5.74) is 8.72. The minimum atomic E-state index is -0.635. The monoisotopic (exact) mass is 288 g/mol. The Kier molecular flexibility index (Phi) is 4.12. The van der Waals surface area contributed by atoms with Crippen LogP contribution in [0.15, 0.2) is 30.3 Å². The topological polar surface area (TPSA) is 64.3 Å². The van der Waals surface area contributed by atoms with Gasteiger partial charge in [0.1, 0.15) is 11.6 Å². The molecule has 0 aromatic heterocycles. The lowest BCUT2D eigenvalue weighted by molar-refractivity contribution is 0.102. The minimum Gasteiger partial charge on any atom is -0.497 e. The molecule has 0 spiro atoms. The van der Waals surface area contributed by atoms with E-state index in [9.17, 15) is 9.18 Å². The maximum Gasteiger partial charge on any atom is 0.258 e. The van der Waals surface area contributed by atoms with Crippen LogP contribution in [0.1, 0.15) is 21.5 Å². The Morgan fingerprint density at radius 1 is 1.19 bits per heavy atom. The maximum absolute atomic E-state index is 13.9. The molecule has 3 N–H and O–H groups in total. The Labute approximate surface area is 122 Å². The van der Waals surface area contributed by atoms with Crippen molar-refractivity contribution < 1.29 is 13.9 Å². The summed E-state index contributed by atoms with van der Waals surface area (Å²) in [6, 6.07) is 7.63. The van der Waals surface area contributed by atoms with E-state index in [1.165, 1.54) is 25.3 Å². The Morgan fingerprint density at radius 3 is 2.52 bits per heavy atom. The lowest BCUT2D eigenvalue weighted by atomic mass is 10.1. The number of hydrogen-bond acceptors (Lipinski definition) is 3. The molecule has 0 atom stereocenters. The normalized spacial score (nSPS) is 10.3. The van der Waals surface area contributed by atoms with Gasteiger partial charge in [0.25, 0.3) is 5.91 Å². The van der Waals surface area contributed by atoms with Crippen LogP contribution in [0.5, 0.6) is 5.75 Å². The fraction of sp³-hybridized carbons (Fsp3) is 0.188. The van der Waals surface area contributed by atoms with E-state index in [0.29, 0.717) is 17.1 Å². The minimum absolute atomic E-state index is 0.0469. The molecule has 0 saturated carbocycles. The van der Waals surface area contributed by atoms with Gasteiger partial charge in [-0.15, -0.1) is 0 Å². The van der Waals surface area contributed by atoms with Crippen LogP contribution in [-0.4, -0.2) is 13.0 Å². The summed E-state index contributed by atoms with van der Waals surface area (Å²) in [4.78, 5) is 12.2. The van der Waals surface area contributed by atoms with Crippen LogP contribution in [0.25, 0.3) is 0 Å². The summed E-state index contributed by atoms with van der Waals surface area (Å²) in [6.45, 7) is 3.74. The zero-order valence-electron chi connectivity index (χ0n) is 12.2. The van der Waals surface area contributed by atoms with E-state index in [1.54, 1.807) is 6.07 Å². The van der Waals surface area contributed by atoms with Gasteiger partial charge in [0.05, 0.1) is 12.7 Å². The molecule has 5 heteroatoms. The third kappa shape index (κ3) is 3.13. The zero-order valence-corrected chi connectivity index (χ0v) is 12.2. The number of nitrogens with one attached hydrogen (secondary N) is 1. The number of hydrogen-bond donors (Lipinski definition) is 2. The number of carbonyl (C=O) groups is 1. The molecule has 2 rings (SSSR count). The number of anilines is 2. The highest BCUT2D eigenvalue weighted by molar-refractivity contribution is 6.05. The van der Waals surface area contributed by atoms with Crippen molar-refractivity contribution in [1.82, 2.24) is 0 Å². The van der Waals surface area contributed by atoms with Crippen molar-refractivity contribution in [1.29, 1.82) is 0 Å². The number of ether oxygens (including phenoxy) is 1. The van der Waals surface area contributed by atoms with Crippen LogP contribution in [-0.2, 0) is 0 Å². The van der Waals surface area contributed by atoms with Crippen LogP contribution in [0, 0.1) is 19.7 Å². The van der Waals surface area contributed by atoms with Crippen molar-refractivity contribution in [3.8, 4) is 5.75 Å². The van der Waals surface area contributed by atoms with Crippen LogP contribution in [0.3, 0.4) is 0 Å². The first-order valence-electron chi connectivity index (χ1n) is 6.44. The van der Waals surface area contributed by atoms with Crippen LogP contribution >= 0.6 is 0 Å². The molecule has 0 radical (unpaired) electrons. The Hall–Kier alpha value is -2.56. The number of carbonyl (C=O) groups excluding carboxylic acids is 1. The maximum atomic E-state index is 13.9. The first-order chi connectivity index (χ1) is 9.92. The van der Waals surface area contributed by atoms with Gasteiger partial charge >= 0.3 is 0 Å². The molecule has 0 aliphatic carbocycles. The highest BCUT2D eigenvalue weighted by Crippen LogP contribution is 2.24. The predicted octanol–water partition coefficient (Wildman–Crippen LogP) is 3.29. The van der Waals surface area contributed by atoms with Gasteiger partial charge in [-0.25, -0.2) is 4.39 Å². The van der Waals surface area contributed by atoms with E-state index in [2.05, 4.69) is 5.32 Å². The van der Waals surface area contributed by atoms with Gasteiger partial charge < -0.3 is 15.8 Å². The fourth-order valence-corrected chi connectivity index (χ4v) is 2.00. The Balaban J connectivity index is 2.28. The third-order valence-electron chi connectivity index (χ3n) is 3.28. The third-order valence-corrected chi connectivity index (χ3v) is 3.28. The van der Waals surface area contributed by atoms with Crippen molar-refractivity contribution in [2.45, 2.75) is 13.8 Å². The summed E-state index contributed by atoms with van der Waals surface area (Å²) in [7, 11) is 1.44. The van der Waals surface area contributed by atoms with Crippen molar-refractivity contribution in [2.75, 3.05) is 18.2 Å². The highest BCUT2D eigenvalue weighted by atomic mass is 19.1. The first kappa shape index (κ1) is 14.8. The molecule has 0 heterocycles. The number of nitrogens with two attached hydrogens (primary N) is 1. The molecule has 0 bridgehead atoms. The average Bonchev–Trinajstić information content (AvgIpc) is 2.44. The fourth-order valence-electron chi connectivity index (χ4n) is 2.00. The lowest BCUT2D eigenvalue weighted by Gasteiger charge is -2.12. The SMILES string of the molecule is COc1ccc(C(=O)Nc2cc(N)c(C)cc2C)c(F)c1. The molecule has 21 heavy (non-hydrogen) atoms. The highest BCUT2D eigenvalue weighted by Gasteiger charge is 2.14. The van der Waals surface area contributed by atoms with Crippen LogP contribution in [0.4, 0.5) is 15.8 Å². The summed E-state index contributed by atoms with van der Waals surface area (Å²) >= 11 is 0. The van der Waals surface area contributed by atoms with E-state index >= 15 is 0 Å². The number of halogens is 1. The van der Waals surface area contributed by atoms with Crippen molar-refractivity contribution in [3.05, 3.63) is 52.8 Å². The molecule has 1 amide bonds. The van der Waals surface area contributed by atoms with Crippen molar-refractivity contribution in [3.63, 3.8) is 0 Å². The van der Waals surface area contributed by atoms with Gasteiger partial charge in [-0.05, 0) is 43.2 Å². The molecule has 4 nitrogen and oxygen atoms in total. The molecule has 0 aliphatic heterocycles. The summed E-state index contributed by atoms with van der Waals surface area (Å²) in [5.74, 6) is -0.800. The van der Waals surface area contributed by atoms with E-state index in [4.69, 9.17) is 10.5 Å². The average molecular weight is 288 g/mol.